The number of carboxylic acid groups (broad SMARTS) is 1. The van der Waals surface area contributed by atoms with Gasteiger partial charge in [-0.2, -0.15) is 13.2 Å². The SMILES string of the molecule is CCCOCCCN(CCOc1ccc(CC(OCC)C(=O)O)cc1)C(=O)NCC(F)(F)F. The maximum absolute atomic E-state index is 12.4. The third-order valence-electron chi connectivity index (χ3n) is 4.41. The predicted molar refractivity (Wildman–Crippen MR) is 115 cm³/mol. The van der Waals surface area contributed by atoms with Crippen LogP contribution in [0.4, 0.5) is 18.0 Å². The minimum absolute atomic E-state index is 0.0747. The number of urea groups is 1. The number of amides is 2. The highest BCUT2D eigenvalue weighted by Gasteiger charge is 2.28. The molecule has 0 bridgehead atoms. The number of aliphatic carboxylic acids is 1. The van der Waals surface area contributed by atoms with E-state index in [2.05, 4.69) is 0 Å². The van der Waals surface area contributed by atoms with E-state index < -0.39 is 30.8 Å². The Labute approximate surface area is 192 Å². The van der Waals surface area contributed by atoms with E-state index >= 15 is 0 Å². The smallest absolute Gasteiger partial charge is 0.405 e. The maximum atomic E-state index is 12.4. The Balaban J connectivity index is 2.57. The molecule has 0 aromatic heterocycles. The molecule has 1 aromatic rings. The molecule has 0 heterocycles. The highest BCUT2D eigenvalue weighted by Crippen LogP contribution is 2.15. The van der Waals surface area contributed by atoms with Gasteiger partial charge in [-0.05, 0) is 37.5 Å². The number of rotatable bonds is 16. The molecule has 0 radical (unpaired) electrons. The van der Waals surface area contributed by atoms with Crippen molar-refractivity contribution in [3.05, 3.63) is 29.8 Å². The number of benzene rings is 1. The Bertz CT molecular complexity index is 700. The Morgan fingerprint density at radius 1 is 1.09 bits per heavy atom. The van der Waals surface area contributed by atoms with Gasteiger partial charge in [0.25, 0.3) is 0 Å². The lowest BCUT2D eigenvalue weighted by Crippen LogP contribution is -2.45. The fraction of sp³-hybridized carbons (Fsp3) is 0.636. The molecule has 1 aromatic carbocycles. The van der Waals surface area contributed by atoms with Gasteiger partial charge in [-0.15, -0.1) is 0 Å². The second kappa shape index (κ2) is 15.3. The molecule has 8 nitrogen and oxygen atoms in total. The van der Waals surface area contributed by atoms with E-state index in [4.69, 9.17) is 19.3 Å². The number of nitrogens with one attached hydrogen (secondary N) is 1. The largest absolute Gasteiger partial charge is 0.492 e. The second-order valence-electron chi connectivity index (χ2n) is 7.21. The average molecular weight is 479 g/mol. The van der Waals surface area contributed by atoms with Crippen LogP contribution in [-0.4, -0.2) is 80.3 Å². The number of hydrogen-bond donors (Lipinski definition) is 2. The van der Waals surface area contributed by atoms with E-state index in [0.29, 0.717) is 25.4 Å². The average Bonchev–Trinajstić information content (AvgIpc) is 2.76. The Hall–Kier alpha value is -2.53. The van der Waals surface area contributed by atoms with Gasteiger partial charge in [-0.3, -0.25) is 0 Å². The maximum Gasteiger partial charge on any atom is 0.405 e. The van der Waals surface area contributed by atoms with Crippen molar-refractivity contribution in [2.75, 3.05) is 46.1 Å². The first-order chi connectivity index (χ1) is 15.7. The Morgan fingerprint density at radius 3 is 2.36 bits per heavy atom. The van der Waals surface area contributed by atoms with Crippen molar-refractivity contribution < 1.29 is 42.1 Å². The van der Waals surface area contributed by atoms with Crippen molar-refractivity contribution in [3.8, 4) is 5.75 Å². The Kier molecular flexibility index (Phi) is 13.2. The van der Waals surface area contributed by atoms with Crippen LogP contribution in [0, 0.1) is 0 Å². The number of carboxylic acids is 1. The van der Waals surface area contributed by atoms with Crippen LogP contribution in [0.25, 0.3) is 0 Å². The summed E-state index contributed by atoms with van der Waals surface area (Å²) in [5.74, 6) is -0.551. The third-order valence-corrected chi connectivity index (χ3v) is 4.41. The van der Waals surface area contributed by atoms with Gasteiger partial charge >= 0.3 is 18.2 Å². The first-order valence-corrected chi connectivity index (χ1v) is 10.9. The highest BCUT2D eigenvalue weighted by molar-refractivity contribution is 5.74. The second-order valence-corrected chi connectivity index (χ2v) is 7.21. The van der Waals surface area contributed by atoms with Crippen LogP contribution in [0.1, 0.15) is 32.3 Å². The molecule has 0 spiro atoms. The van der Waals surface area contributed by atoms with Gasteiger partial charge < -0.3 is 29.5 Å². The van der Waals surface area contributed by atoms with Crippen LogP contribution in [-0.2, 0) is 20.7 Å². The number of ether oxygens (including phenoxy) is 3. The zero-order chi connectivity index (χ0) is 24.7. The first-order valence-electron chi connectivity index (χ1n) is 10.9. The summed E-state index contributed by atoms with van der Waals surface area (Å²) in [6.07, 6.45) is -3.89. The lowest BCUT2D eigenvalue weighted by atomic mass is 10.1. The number of hydrogen-bond acceptors (Lipinski definition) is 5. The summed E-state index contributed by atoms with van der Waals surface area (Å²) < 4.78 is 53.4. The topological polar surface area (TPSA) is 97.3 Å². The molecular weight excluding hydrogens is 445 g/mol. The number of carbonyl (C=O) groups is 2. The lowest BCUT2D eigenvalue weighted by Gasteiger charge is -2.23. The van der Waals surface area contributed by atoms with Gasteiger partial charge in [-0.25, -0.2) is 9.59 Å². The van der Waals surface area contributed by atoms with Gasteiger partial charge in [0.15, 0.2) is 6.10 Å². The van der Waals surface area contributed by atoms with E-state index in [1.165, 1.54) is 4.90 Å². The summed E-state index contributed by atoms with van der Waals surface area (Å²) in [7, 11) is 0. The minimum atomic E-state index is -4.49. The fourth-order valence-electron chi connectivity index (χ4n) is 2.83. The van der Waals surface area contributed by atoms with Crippen molar-refractivity contribution >= 4 is 12.0 Å². The van der Waals surface area contributed by atoms with Crippen LogP contribution < -0.4 is 10.1 Å². The first kappa shape index (κ1) is 28.5. The third kappa shape index (κ3) is 12.9. The Morgan fingerprint density at radius 2 is 1.79 bits per heavy atom. The van der Waals surface area contributed by atoms with Crippen molar-refractivity contribution in [2.45, 2.75) is 45.4 Å². The summed E-state index contributed by atoms with van der Waals surface area (Å²) >= 11 is 0. The minimum Gasteiger partial charge on any atom is -0.492 e. The van der Waals surface area contributed by atoms with Gasteiger partial charge in [0, 0.05) is 32.8 Å². The summed E-state index contributed by atoms with van der Waals surface area (Å²) in [4.78, 5) is 24.6. The number of carbonyl (C=O) groups excluding carboxylic acids is 1. The van der Waals surface area contributed by atoms with Crippen molar-refractivity contribution in [1.29, 1.82) is 0 Å². The monoisotopic (exact) mass is 478 g/mol. The summed E-state index contributed by atoms with van der Waals surface area (Å²) in [6.45, 7) is 3.93. The van der Waals surface area contributed by atoms with Gasteiger partial charge in [0.1, 0.15) is 18.9 Å². The predicted octanol–water partition coefficient (Wildman–Crippen LogP) is 3.49. The summed E-state index contributed by atoms with van der Waals surface area (Å²) in [5.41, 5.74) is 0.753. The fourth-order valence-corrected chi connectivity index (χ4v) is 2.83. The van der Waals surface area contributed by atoms with Crippen molar-refractivity contribution in [1.82, 2.24) is 10.2 Å². The molecule has 2 amide bonds. The molecule has 0 aliphatic heterocycles. The number of alkyl halides is 3. The van der Waals surface area contributed by atoms with E-state index in [1.807, 2.05) is 12.2 Å². The molecule has 33 heavy (non-hydrogen) atoms. The van der Waals surface area contributed by atoms with Gasteiger partial charge in [0.05, 0.1) is 6.54 Å². The molecule has 0 fully saturated rings. The van der Waals surface area contributed by atoms with E-state index in [-0.39, 0.29) is 32.7 Å². The molecule has 2 N–H and O–H groups in total. The van der Waals surface area contributed by atoms with Gasteiger partial charge in [0.2, 0.25) is 0 Å². The standard InChI is InChI=1S/C22H33F3N2O6/c1-3-12-31-13-5-10-27(21(30)26-16-22(23,24)25)11-14-33-18-8-6-17(7-9-18)15-19(20(28)29)32-4-2/h6-9,19H,3-5,10-16H2,1-2H3,(H,26,30)(H,28,29). The normalized spacial score (nSPS) is 12.3. The highest BCUT2D eigenvalue weighted by atomic mass is 19.4. The van der Waals surface area contributed by atoms with Crippen LogP contribution in [0.15, 0.2) is 24.3 Å². The van der Waals surface area contributed by atoms with Crippen LogP contribution >= 0.6 is 0 Å². The van der Waals surface area contributed by atoms with Crippen LogP contribution in [0.5, 0.6) is 5.75 Å². The molecule has 1 rings (SSSR count). The quantitative estimate of drug-likeness (QED) is 0.353. The van der Waals surface area contributed by atoms with Gasteiger partial charge in [-0.1, -0.05) is 19.1 Å². The summed E-state index contributed by atoms with van der Waals surface area (Å²) in [6, 6.07) is 5.92. The van der Waals surface area contributed by atoms with E-state index in [9.17, 15) is 22.8 Å². The van der Waals surface area contributed by atoms with E-state index in [1.54, 1.807) is 31.2 Å². The zero-order valence-electron chi connectivity index (χ0n) is 19.0. The molecule has 0 aliphatic carbocycles. The molecule has 1 atom stereocenters. The molecule has 11 heteroatoms. The van der Waals surface area contributed by atoms with Crippen LogP contribution in [0.3, 0.4) is 0 Å². The number of halogens is 3. The molecule has 0 saturated heterocycles. The molecule has 0 aliphatic rings. The zero-order valence-corrected chi connectivity index (χ0v) is 19.0. The van der Waals surface area contributed by atoms with Crippen molar-refractivity contribution in [2.24, 2.45) is 0 Å². The molecule has 1 unspecified atom stereocenters. The van der Waals surface area contributed by atoms with Crippen LogP contribution in [0.2, 0.25) is 0 Å². The number of nitrogens with zero attached hydrogens (tertiary/aromatic N) is 1. The van der Waals surface area contributed by atoms with Crippen molar-refractivity contribution in [3.63, 3.8) is 0 Å². The molecular formula is C22H33F3N2O6. The summed E-state index contributed by atoms with van der Waals surface area (Å²) in [5, 5.41) is 11.0. The molecule has 0 saturated carbocycles. The lowest BCUT2D eigenvalue weighted by molar-refractivity contribution is -0.150. The van der Waals surface area contributed by atoms with E-state index in [0.717, 1.165) is 12.0 Å². The molecule has 188 valence electrons.